The molecule has 1 spiro atoms. The average Bonchev–Trinajstić information content (AvgIpc) is 3.46. The van der Waals surface area contributed by atoms with Crippen LogP contribution in [0.2, 0.25) is 0 Å². The Balaban J connectivity index is 0.000000383. The number of hydrogen-bond donors (Lipinski definition) is 2. The molecular weight excluding hydrogens is 443 g/mol. The maximum Gasteiger partial charge on any atom is 0.490 e. The lowest BCUT2D eigenvalue weighted by Gasteiger charge is -2.44. The van der Waals surface area contributed by atoms with Gasteiger partial charge in [0.1, 0.15) is 0 Å². The zero-order chi connectivity index (χ0) is 24.4. The van der Waals surface area contributed by atoms with E-state index in [2.05, 4.69) is 10.2 Å². The van der Waals surface area contributed by atoms with Crippen molar-refractivity contribution in [1.82, 2.24) is 15.1 Å². The SMILES string of the molecule is CNC(=O)[C@@]12CCC3(CCN(Cc4ccoc4)CC3)[C@@H]1CN(C(C)=O)C2.O=C(O)C(F)(F)F. The number of carbonyl (C=O) groups is 3. The number of hydrogen-bond acceptors (Lipinski definition) is 5. The molecule has 33 heavy (non-hydrogen) atoms. The molecule has 2 atom stereocenters. The molecule has 1 aliphatic carbocycles. The van der Waals surface area contributed by atoms with Crippen LogP contribution in [0, 0.1) is 16.7 Å². The summed E-state index contributed by atoms with van der Waals surface area (Å²) in [5, 5.41) is 10.0. The number of rotatable bonds is 3. The lowest BCUT2D eigenvalue weighted by molar-refractivity contribution is -0.192. The minimum atomic E-state index is -5.08. The van der Waals surface area contributed by atoms with E-state index >= 15 is 0 Å². The lowest BCUT2D eigenvalue weighted by atomic mass is 9.65. The molecule has 0 aromatic carbocycles. The van der Waals surface area contributed by atoms with Gasteiger partial charge in [0.15, 0.2) is 0 Å². The summed E-state index contributed by atoms with van der Waals surface area (Å²) in [6, 6.07) is 2.03. The molecule has 2 amide bonds. The van der Waals surface area contributed by atoms with Gasteiger partial charge in [0.25, 0.3) is 0 Å². The van der Waals surface area contributed by atoms with Crippen molar-refractivity contribution in [3.63, 3.8) is 0 Å². The first-order chi connectivity index (χ1) is 15.4. The summed E-state index contributed by atoms with van der Waals surface area (Å²) in [5.41, 5.74) is 1.03. The number of likely N-dealkylation sites (tertiary alicyclic amines) is 2. The largest absolute Gasteiger partial charge is 0.490 e. The van der Waals surface area contributed by atoms with Crippen molar-refractivity contribution in [1.29, 1.82) is 0 Å². The molecule has 0 radical (unpaired) electrons. The fourth-order valence-electron chi connectivity index (χ4n) is 5.82. The summed E-state index contributed by atoms with van der Waals surface area (Å²) in [6.45, 7) is 5.98. The van der Waals surface area contributed by atoms with Crippen molar-refractivity contribution in [3.05, 3.63) is 24.2 Å². The number of carboxylic acids is 1. The Morgan fingerprint density at radius 3 is 2.33 bits per heavy atom. The number of alkyl halides is 3. The second kappa shape index (κ2) is 9.36. The number of nitrogens with zero attached hydrogens (tertiary/aromatic N) is 2. The monoisotopic (exact) mass is 473 g/mol. The van der Waals surface area contributed by atoms with Crippen molar-refractivity contribution in [2.75, 3.05) is 33.2 Å². The van der Waals surface area contributed by atoms with Gasteiger partial charge in [-0.05, 0) is 56.2 Å². The van der Waals surface area contributed by atoms with E-state index in [9.17, 15) is 22.8 Å². The minimum Gasteiger partial charge on any atom is -0.475 e. The molecule has 2 aliphatic heterocycles. The van der Waals surface area contributed by atoms with Crippen LogP contribution in [0.3, 0.4) is 0 Å². The van der Waals surface area contributed by atoms with Crippen LogP contribution in [0.5, 0.6) is 0 Å². The first-order valence-corrected chi connectivity index (χ1v) is 10.9. The standard InChI is InChI=1S/C20H29N3O3.C2HF3O2/c1-15(24)23-12-17-19(4-5-20(17,14-23)18(25)21-2)6-8-22(9-7-19)11-16-3-10-26-13-16;3-2(4,5)1(6)7/h3,10,13,17H,4-9,11-12,14H2,1-2H3,(H,21,25);(H,6,7)/t17-,20+;/m0./s1. The third-order valence-electron chi connectivity index (χ3n) is 7.56. The number of aliphatic carboxylic acids is 1. The number of amides is 2. The van der Waals surface area contributed by atoms with E-state index in [1.807, 2.05) is 17.2 Å². The van der Waals surface area contributed by atoms with E-state index in [0.717, 1.165) is 51.9 Å². The van der Waals surface area contributed by atoms with Crippen molar-refractivity contribution in [2.24, 2.45) is 16.7 Å². The van der Waals surface area contributed by atoms with Crippen LogP contribution >= 0.6 is 0 Å². The molecule has 11 heteroatoms. The highest BCUT2D eigenvalue weighted by molar-refractivity contribution is 5.86. The van der Waals surface area contributed by atoms with Gasteiger partial charge in [-0.1, -0.05) is 0 Å². The molecule has 1 aromatic heterocycles. The molecule has 2 saturated heterocycles. The van der Waals surface area contributed by atoms with Gasteiger partial charge >= 0.3 is 12.1 Å². The van der Waals surface area contributed by atoms with Crippen LogP contribution in [0.1, 0.15) is 38.2 Å². The van der Waals surface area contributed by atoms with Gasteiger partial charge in [-0.25, -0.2) is 4.79 Å². The highest BCUT2D eigenvalue weighted by Gasteiger charge is 2.64. The molecule has 0 bridgehead atoms. The van der Waals surface area contributed by atoms with Crippen molar-refractivity contribution in [2.45, 2.75) is 45.3 Å². The van der Waals surface area contributed by atoms with Gasteiger partial charge in [-0.2, -0.15) is 13.2 Å². The predicted octanol–water partition coefficient (Wildman–Crippen LogP) is 2.50. The number of halogens is 3. The van der Waals surface area contributed by atoms with Gasteiger partial charge in [-0.15, -0.1) is 0 Å². The summed E-state index contributed by atoms with van der Waals surface area (Å²) in [5.74, 6) is -2.25. The van der Waals surface area contributed by atoms with E-state index in [-0.39, 0.29) is 28.6 Å². The second-order valence-electron chi connectivity index (χ2n) is 9.26. The Hall–Kier alpha value is -2.56. The number of fused-ring (bicyclic) bond motifs is 2. The summed E-state index contributed by atoms with van der Waals surface area (Å²) >= 11 is 0. The van der Waals surface area contributed by atoms with E-state index in [1.165, 1.54) is 5.56 Å². The van der Waals surface area contributed by atoms with Crippen LogP contribution in [-0.4, -0.2) is 72.1 Å². The van der Waals surface area contributed by atoms with Crippen LogP contribution < -0.4 is 5.32 Å². The minimum absolute atomic E-state index is 0.0928. The summed E-state index contributed by atoms with van der Waals surface area (Å²) in [7, 11) is 1.73. The molecular formula is C22H30F3N3O5. The predicted molar refractivity (Wildman–Crippen MR) is 111 cm³/mol. The number of nitrogens with one attached hydrogen (secondary N) is 1. The zero-order valence-electron chi connectivity index (χ0n) is 18.8. The normalized spacial score (nSPS) is 26.5. The van der Waals surface area contributed by atoms with Gasteiger partial charge in [0.05, 0.1) is 17.9 Å². The fraction of sp³-hybridized carbons (Fsp3) is 0.682. The van der Waals surface area contributed by atoms with E-state index < -0.39 is 12.1 Å². The average molecular weight is 473 g/mol. The number of carbonyl (C=O) groups excluding carboxylic acids is 2. The maximum absolute atomic E-state index is 12.8. The summed E-state index contributed by atoms with van der Waals surface area (Å²) < 4.78 is 36.9. The number of carboxylic acid groups (broad SMARTS) is 1. The molecule has 1 aromatic rings. The van der Waals surface area contributed by atoms with Gasteiger partial charge in [-0.3, -0.25) is 14.5 Å². The fourth-order valence-corrected chi connectivity index (χ4v) is 5.82. The Labute approximate surface area is 190 Å². The third-order valence-corrected chi connectivity index (χ3v) is 7.56. The zero-order valence-corrected chi connectivity index (χ0v) is 18.8. The van der Waals surface area contributed by atoms with Crippen LogP contribution in [0.4, 0.5) is 13.2 Å². The smallest absolute Gasteiger partial charge is 0.475 e. The molecule has 0 unspecified atom stereocenters. The van der Waals surface area contributed by atoms with Crippen LogP contribution in [0.25, 0.3) is 0 Å². The first kappa shape index (κ1) is 25.1. The number of furan rings is 1. The maximum atomic E-state index is 12.8. The first-order valence-electron chi connectivity index (χ1n) is 10.9. The van der Waals surface area contributed by atoms with Crippen molar-refractivity contribution < 1.29 is 37.1 Å². The van der Waals surface area contributed by atoms with E-state index in [0.29, 0.717) is 6.54 Å². The van der Waals surface area contributed by atoms with Gasteiger partial charge in [0.2, 0.25) is 11.8 Å². The highest BCUT2D eigenvalue weighted by atomic mass is 19.4. The Bertz CT molecular complexity index is 865. The van der Waals surface area contributed by atoms with Gasteiger partial charge in [0, 0.05) is 39.2 Å². The van der Waals surface area contributed by atoms with Crippen molar-refractivity contribution >= 4 is 17.8 Å². The van der Waals surface area contributed by atoms with E-state index in [1.54, 1.807) is 20.2 Å². The molecule has 3 fully saturated rings. The molecule has 4 rings (SSSR count). The quantitative estimate of drug-likeness (QED) is 0.699. The summed E-state index contributed by atoms with van der Waals surface area (Å²) in [6.07, 6.45) is 2.70. The lowest BCUT2D eigenvalue weighted by Crippen LogP contribution is -2.48. The summed E-state index contributed by atoms with van der Waals surface area (Å²) in [4.78, 5) is 38.1. The Kier molecular flexibility index (Phi) is 7.11. The van der Waals surface area contributed by atoms with Gasteiger partial charge < -0.3 is 19.7 Å². The van der Waals surface area contributed by atoms with Crippen molar-refractivity contribution in [3.8, 4) is 0 Å². The Morgan fingerprint density at radius 1 is 1.21 bits per heavy atom. The topological polar surface area (TPSA) is 103 Å². The third kappa shape index (κ3) is 5.02. The number of piperidine rings is 1. The van der Waals surface area contributed by atoms with Crippen LogP contribution in [0.15, 0.2) is 23.0 Å². The molecule has 3 aliphatic rings. The molecule has 8 nitrogen and oxygen atoms in total. The van der Waals surface area contributed by atoms with E-state index in [4.69, 9.17) is 14.3 Å². The highest BCUT2D eigenvalue weighted by Crippen LogP contribution is 2.62. The second-order valence-corrected chi connectivity index (χ2v) is 9.26. The molecule has 3 heterocycles. The Morgan fingerprint density at radius 2 is 1.85 bits per heavy atom. The molecule has 1 saturated carbocycles. The van der Waals surface area contributed by atoms with Crippen LogP contribution in [-0.2, 0) is 20.9 Å². The molecule has 184 valence electrons. The molecule has 2 N–H and O–H groups in total.